The van der Waals surface area contributed by atoms with Crippen LogP contribution in [-0.4, -0.2) is 30.9 Å². The Balaban J connectivity index is 1.97. The van der Waals surface area contributed by atoms with Gasteiger partial charge in [0.1, 0.15) is 0 Å². The van der Waals surface area contributed by atoms with Crippen LogP contribution in [0.3, 0.4) is 0 Å². The third-order valence-corrected chi connectivity index (χ3v) is 4.47. The fraction of sp³-hybridized carbons (Fsp3) is 0.556. The van der Waals surface area contributed by atoms with Gasteiger partial charge in [-0.15, -0.1) is 0 Å². The van der Waals surface area contributed by atoms with E-state index in [-0.39, 0.29) is 24.3 Å². The van der Waals surface area contributed by atoms with Crippen molar-refractivity contribution in [2.45, 2.75) is 39.2 Å². The molecule has 0 radical (unpaired) electrons. The van der Waals surface area contributed by atoms with Gasteiger partial charge in [-0.25, -0.2) is 0 Å². The zero-order valence-electron chi connectivity index (χ0n) is 14.0. The van der Waals surface area contributed by atoms with Crippen LogP contribution in [-0.2, 0) is 9.59 Å². The highest BCUT2D eigenvalue weighted by molar-refractivity contribution is 5.97. The van der Waals surface area contributed by atoms with Gasteiger partial charge in [0.05, 0.1) is 12.6 Å². The number of rotatable bonds is 7. The molecule has 0 heterocycles. The third kappa shape index (κ3) is 4.79. The second-order valence-electron chi connectivity index (χ2n) is 6.62. The average Bonchev–Trinajstić information content (AvgIpc) is 2.51. The first-order chi connectivity index (χ1) is 11.0. The van der Waals surface area contributed by atoms with Crippen molar-refractivity contribution in [3.8, 4) is 0 Å². The minimum Gasteiger partial charge on any atom is -0.346 e. The Morgan fingerprint density at radius 2 is 1.91 bits per heavy atom. The van der Waals surface area contributed by atoms with Gasteiger partial charge in [-0.3, -0.25) is 9.59 Å². The molecule has 5 nitrogen and oxygen atoms in total. The lowest BCUT2D eigenvalue weighted by Crippen LogP contribution is -2.49. The molecule has 1 aromatic rings. The van der Waals surface area contributed by atoms with E-state index in [0.717, 1.165) is 12.2 Å². The number of amides is 2. The van der Waals surface area contributed by atoms with Crippen molar-refractivity contribution in [2.24, 2.45) is 17.6 Å². The first-order valence-corrected chi connectivity index (χ1v) is 8.37. The molecule has 3 N–H and O–H groups in total. The van der Waals surface area contributed by atoms with Gasteiger partial charge < -0.3 is 16.0 Å². The number of carbonyl (C=O) groups is 2. The van der Waals surface area contributed by atoms with Gasteiger partial charge >= 0.3 is 0 Å². The number of nitrogens with one attached hydrogen (secondary N) is 1. The summed E-state index contributed by atoms with van der Waals surface area (Å²) >= 11 is 0. The van der Waals surface area contributed by atoms with Crippen LogP contribution >= 0.6 is 0 Å². The Morgan fingerprint density at radius 3 is 2.43 bits per heavy atom. The molecule has 1 aromatic carbocycles. The first kappa shape index (κ1) is 17.5. The lowest BCUT2D eigenvalue weighted by Gasteiger charge is -2.32. The third-order valence-electron chi connectivity index (χ3n) is 4.47. The molecule has 1 aliphatic rings. The molecule has 0 bridgehead atoms. The highest BCUT2D eigenvalue weighted by atomic mass is 16.2. The largest absolute Gasteiger partial charge is 0.346 e. The number of nitrogens with zero attached hydrogens (tertiary/aromatic N) is 1. The number of hydrogen-bond acceptors (Lipinski definition) is 3. The van der Waals surface area contributed by atoms with E-state index in [4.69, 9.17) is 5.73 Å². The molecule has 0 unspecified atom stereocenters. The summed E-state index contributed by atoms with van der Waals surface area (Å²) in [6.07, 6.45) is 3.57. The number of para-hydroxylation sites is 1. The molecule has 0 saturated heterocycles. The highest BCUT2D eigenvalue weighted by Crippen LogP contribution is 2.29. The average molecular weight is 317 g/mol. The second kappa shape index (κ2) is 8.11. The Hall–Kier alpha value is -1.88. The summed E-state index contributed by atoms with van der Waals surface area (Å²) in [5, 5.41) is 2.67. The van der Waals surface area contributed by atoms with Gasteiger partial charge in [-0.1, -0.05) is 38.5 Å². The molecule has 1 atom stereocenters. The van der Waals surface area contributed by atoms with E-state index in [0.29, 0.717) is 5.92 Å². The van der Waals surface area contributed by atoms with E-state index in [1.54, 1.807) is 4.90 Å². The molecule has 5 heteroatoms. The zero-order chi connectivity index (χ0) is 16.8. The fourth-order valence-corrected chi connectivity index (χ4v) is 2.57. The number of benzene rings is 1. The van der Waals surface area contributed by atoms with Crippen LogP contribution in [0, 0.1) is 11.8 Å². The van der Waals surface area contributed by atoms with E-state index in [9.17, 15) is 9.59 Å². The van der Waals surface area contributed by atoms with Crippen molar-refractivity contribution in [3.63, 3.8) is 0 Å². The molecule has 1 saturated carbocycles. The van der Waals surface area contributed by atoms with Crippen molar-refractivity contribution >= 4 is 17.5 Å². The molecule has 126 valence electrons. The van der Waals surface area contributed by atoms with Crippen molar-refractivity contribution in [2.75, 3.05) is 18.0 Å². The lowest BCUT2D eigenvalue weighted by molar-refractivity contribution is -0.126. The summed E-state index contributed by atoms with van der Waals surface area (Å²) in [6.45, 7) is 4.48. The van der Waals surface area contributed by atoms with E-state index in [1.165, 1.54) is 19.3 Å². The standard InChI is InChI=1S/C18H27N3O2/c1-13(2)17(19)18(23)20-11-16(22)21(12-14-7-6-8-14)15-9-4-3-5-10-15/h3-5,9-10,13-14,17H,6-8,11-12,19H2,1-2H3,(H,20,23)/t17-/m0/s1. The van der Waals surface area contributed by atoms with E-state index >= 15 is 0 Å². The molecule has 1 fully saturated rings. The first-order valence-electron chi connectivity index (χ1n) is 8.37. The zero-order valence-corrected chi connectivity index (χ0v) is 14.0. The maximum absolute atomic E-state index is 12.6. The normalized spacial score (nSPS) is 15.8. The van der Waals surface area contributed by atoms with Crippen LogP contribution in [0.2, 0.25) is 0 Å². The molecule has 1 aliphatic carbocycles. The highest BCUT2D eigenvalue weighted by Gasteiger charge is 2.25. The Kier molecular flexibility index (Phi) is 6.16. The monoisotopic (exact) mass is 317 g/mol. The predicted molar refractivity (Wildman–Crippen MR) is 92.0 cm³/mol. The van der Waals surface area contributed by atoms with Crippen LogP contribution in [0.15, 0.2) is 30.3 Å². The maximum atomic E-state index is 12.6. The minimum absolute atomic E-state index is 0.0130. The summed E-state index contributed by atoms with van der Waals surface area (Å²) in [7, 11) is 0. The van der Waals surface area contributed by atoms with Gasteiger partial charge in [0.2, 0.25) is 11.8 Å². The number of anilines is 1. The molecular formula is C18H27N3O2. The molecule has 0 aliphatic heterocycles. The Bertz CT molecular complexity index is 526. The smallest absolute Gasteiger partial charge is 0.246 e. The van der Waals surface area contributed by atoms with Gasteiger partial charge in [0, 0.05) is 12.2 Å². The molecule has 23 heavy (non-hydrogen) atoms. The van der Waals surface area contributed by atoms with Crippen LogP contribution in [0.4, 0.5) is 5.69 Å². The topological polar surface area (TPSA) is 75.4 Å². The summed E-state index contributed by atoms with van der Waals surface area (Å²) in [4.78, 5) is 26.3. The SMILES string of the molecule is CC(C)[C@H](N)C(=O)NCC(=O)N(CC1CCC1)c1ccccc1. The van der Waals surface area contributed by atoms with Gasteiger partial charge in [-0.2, -0.15) is 0 Å². The van der Waals surface area contributed by atoms with E-state index < -0.39 is 6.04 Å². The Morgan fingerprint density at radius 1 is 1.26 bits per heavy atom. The van der Waals surface area contributed by atoms with Crippen LogP contribution < -0.4 is 16.0 Å². The predicted octanol–water partition coefficient (Wildman–Crippen LogP) is 1.92. The maximum Gasteiger partial charge on any atom is 0.246 e. The van der Waals surface area contributed by atoms with Crippen molar-refractivity contribution in [1.29, 1.82) is 0 Å². The van der Waals surface area contributed by atoms with Crippen LogP contribution in [0.25, 0.3) is 0 Å². The molecular weight excluding hydrogens is 290 g/mol. The molecule has 2 rings (SSSR count). The van der Waals surface area contributed by atoms with E-state index in [2.05, 4.69) is 5.32 Å². The van der Waals surface area contributed by atoms with Gasteiger partial charge in [0.25, 0.3) is 0 Å². The second-order valence-corrected chi connectivity index (χ2v) is 6.62. The van der Waals surface area contributed by atoms with Crippen molar-refractivity contribution in [3.05, 3.63) is 30.3 Å². The number of hydrogen-bond donors (Lipinski definition) is 2. The fourth-order valence-electron chi connectivity index (χ4n) is 2.57. The molecule has 0 aromatic heterocycles. The van der Waals surface area contributed by atoms with E-state index in [1.807, 2.05) is 44.2 Å². The Labute approximate surface area is 138 Å². The number of nitrogens with two attached hydrogens (primary N) is 1. The van der Waals surface area contributed by atoms with Crippen molar-refractivity contribution in [1.82, 2.24) is 5.32 Å². The van der Waals surface area contributed by atoms with Crippen LogP contribution in [0.1, 0.15) is 33.1 Å². The summed E-state index contributed by atoms with van der Waals surface area (Å²) < 4.78 is 0. The van der Waals surface area contributed by atoms with Gasteiger partial charge in [0.15, 0.2) is 0 Å². The molecule has 0 spiro atoms. The van der Waals surface area contributed by atoms with Crippen LogP contribution in [0.5, 0.6) is 0 Å². The lowest BCUT2D eigenvalue weighted by atomic mass is 9.85. The minimum atomic E-state index is -0.584. The summed E-state index contributed by atoms with van der Waals surface area (Å²) in [5.74, 6) is 0.246. The summed E-state index contributed by atoms with van der Waals surface area (Å²) in [6, 6.07) is 9.04. The molecule has 2 amide bonds. The quantitative estimate of drug-likeness (QED) is 0.807. The van der Waals surface area contributed by atoms with Crippen molar-refractivity contribution < 1.29 is 9.59 Å². The van der Waals surface area contributed by atoms with Gasteiger partial charge in [-0.05, 0) is 36.8 Å². The number of carbonyl (C=O) groups excluding carboxylic acids is 2. The summed E-state index contributed by atoms with van der Waals surface area (Å²) in [5.41, 5.74) is 6.69.